The van der Waals surface area contributed by atoms with E-state index in [-0.39, 0.29) is 10.1 Å². The van der Waals surface area contributed by atoms with Crippen LogP contribution in [0.4, 0.5) is 25.0 Å². The van der Waals surface area contributed by atoms with E-state index in [1.165, 1.54) is 24.3 Å². The van der Waals surface area contributed by atoms with E-state index in [4.69, 9.17) is 0 Å². The predicted molar refractivity (Wildman–Crippen MR) is 67.8 cm³/mol. The lowest BCUT2D eigenvalue weighted by Crippen LogP contribution is -2.19. The lowest BCUT2D eigenvalue weighted by atomic mass is 10.3. The second-order valence-corrected chi connectivity index (χ2v) is 4.36. The van der Waals surface area contributed by atoms with Gasteiger partial charge in [-0.3, -0.25) is 15.4 Å². The second kappa shape index (κ2) is 5.40. The number of anilines is 2. The third kappa shape index (κ3) is 3.45. The first-order valence-electron chi connectivity index (χ1n) is 4.98. The van der Waals surface area contributed by atoms with Gasteiger partial charge < -0.3 is 5.32 Å². The number of rotatable bonds is 3. The Hall–Kier alpha value is -2.55. The molecule has 98 valence electrons. The van der Waals surface area contributed by atoms with E-state index in [2.05, 4.69) is 15.6 Å². The lowest BCUT2D eigenvalue weighted by molar-refractivity contribution is -0.380. The van der Waals surface area contributed by atoms with E-state index >= 15 is 0 Å². The van der Waals surface area contributed by atoms with Gasteiger partial charge in [-0.2, -0.15) is 0 Å². The number of thiazole rings is 1. The van der Waals surface area contributed by atoms with Crippen LogP contribution < -0.4 is 10.6 Å². The van der Waals surface area contributed by atoms with Gasteiger partial charge in [-0.05, 0) is 35.6 Å². The fourth-order valence-electron chi connectivity index (χ4n) is 1.20. The molecule has 1 heterocycles. The van der Waals surface area contributed by atoms with E-state index in [1.54, 1.807) is 0 Å². The number of amides is 2. The average molecular weight is 282 g/mol. The Morgan fingerprint density at radius 1 is 1.32 bits per heavy atom. The zero-order valence-corrected chi connectivity index (χ0v) is 10.1. The number of nitro groups is 1. The molecule has 0 aliphatic carbocycles. The van der Waals surface area contributed by atoms with Gasteiger partial charge in [0, 0.05) is 5.69 Å². The van der Waals surface area contributed by atoms with Crippen molar-refractivity contribution in [3.63, 3.8) is 0 Å². The minimum atomic E-state index is -0.615. The summed E-state index contributed by atoms with van der Waals surface area (Å²) in [5, 5.41) is 15.1. The molecule has 0 atom stereocenters. The summed E-state index contributed by atoms with van der Waals surface area (Å²) in [6.07, 6.45) is 1.05. The summed E-state index contributed by atoms with van der Waals surface area (Å²) in [6.45, 7) is 0. The molecule has 2 aromatic rings. The number of benzene rings is 1. The van der Waals surface area contributed by atoms with Gasteiger partial charge in [0.15, 0.2) is 5.13 Å². The van der Waals surface area contributed by atoms with Gasteiger partial charge in [-0.25, -0.2) is 14.2 Å². The van der Waals surface area contributed by atoms with Gasteiger partial charge in [-0.1, -0.05) is 0 Å². The Labute approximate surface area is 110 Å². The average Bonchev–Trinajstić information content (AvgIpc) is 2.80. The summed E-state index contributed by atoms with van der Waals surface area (Å²) in [7, 11) is 0. The maximum atomic E-state index is 12.6. The van der Waals surface area contributed by atoms with E-state index in [9.17, 15) is 19.3 Å². The number of carbonyl (C=O) groups excluding carboxylic acids is 1. The Kier molecular flexibility index (Phi) is 3.66. The fourth-order valence-corrected chi connectivity index (χ4v) is 1.83. The van der Waals surface area contributed by atoms with Crippen LogP contribution in [-0.4, -0.2) is 15.9 Å². The van der Waals surface area contributed by atoms with Gasteiger partial charge in [-0.15, -0.1) is 0 Å². The van der Waals surface area contributed by atoms with Gasteiger partial charge >= 0.3 is 11.0 Å². The standard InChI is InChI=1S/C10H7FN4O3S/c11-6-1-3-7(4-2-6)13-9(16)14-10-12-5-8(19-10)15(17)18/h1-5H,(H2,12,13,14,16). The molecule has 7 nitrogen and oxygen atoms in total. The SMILES string of the molecule is O=C(Nc1ccc(F)cc1)Nc1ncc([N+](=O)[O-])s1. The number of urea groups is 1. The van der Waals surface area contributed by atoms with Crippen LogP contribution in [0, 0.1) is 15.9 Å². The van der Waals surface area contributed by atoms with Crippen LogP contribution in [0.25, 0.3) is 0 Å². The van der Waals surface area contributed by atoms with Crippen molar-refractivity contribution in [3.8, 4) is 0 Å². The van der Waals surface area contributed by atoms with Crippen LogP contribution in [0.1, 0.15) is 0 Å². The molecule has 1 aromatic heterocycles. The number of hydrogen-bond acceptors (Lipinski definition) is 5. The summed E-state index contributed by atoms with van der Waals surface area (Å²) in [6, 6.07) is 4.56. The van der Waals surface area contributed by atoms with Crippen LogP contribution >= 0.6 is 11.3 Å². The van der Waals surface area contributed by atoms with Crippen molar-refractivity contribution in [3.05, 3.63) is 46.4 Å². The molecule has 0 bridgehead atoms. The fraction of sp³-hybridized carbons (Fsp3) is 0. The zero-order chi connectivity index (χ0) is 13.8. The van der Waals surface area contributed by atoms with E-state index in [1.807, 2.05) is 0 Å². The Morgan fingerprint density at radius 3 is 2.58 bits per heavy atom. The quantitative estimate of drug-likeness (QED) is 0.668. The number of hydrogen-bond donors (Lipinski definition) is 2. The highest BCUT2D eigenvalue weighted by Crippen LogP contribution is 2.24. The minimum absolute atomic E-state index is 0.103. The molecule has 2 rings (SSSR count). The molecule has 0 aliphatic rings. The second-order valence-electron chi connectivity index (χ2n) is 3.35. The Balaban J connectivity index is 1.97. The molecular formula is C10H7FN4O3S. The molecule has 19 heavy (non-hydrogen) atoms. The molecule has 9 heteroatoms. The minimum Gasteiger partial charge on any atom is -0.308 e. The zero-order valence-electron chi connectivity index (χ0n) is 9.29. The molecule has 0 aliphatic heterocycles. The van der Waals surface area contributed by atoms with Crippen LogP contribution in [-0.2, 0) is 0 Å². The molecule has 2 N–H and O–H groups in total. The number of nitrogens with one attached hydrogen (secondary N) is 2. The first kappa shape index (κ1) is 12.9. The van der Waals surface area contributed by atoms with Crippen molar-refractivity contribution < 1.29 is 14.1 Å². The summed E-state index contributed by atoms with van der Waals surface area (Å²) in [4.78, 5) is 25.0. The number of nitrogens with zero attached hydrogens (tertiary/aromatic N) is 2. The highest BCUT2D eigenvalue weighted by molar-refractivity contribution is 7.18. The summed E-state index contributed by atoms with van der Waals surface area (Å²) in [5.74, 6) is -0.415. The first-order valence-corrected chi connectivity index (χ1v) is 5.80. The van der Waals surface area contributed by atoms with Crippen LogP contribution in [0.2, 0.25) is 0 Å². The van der Waals surface area contributed by atoms with E-state index in [0.717, 1.165) is 17.5 Å². The normalized spacial score (nSPS) is 9.95. The molecule has 0 fully saturated rings. The van der Waals surface area contributed by atoms with Crippen molar-refractivity contribution in [2.45, 2.75) is 0 Å². The Bertz CT molecular complexity index is 613. The molecule has 0 spiro atoms. The molecule has 0 saturated carbocycles. The molecule has 0 unspecified atom stereocenters. The third-order valence-electron chi connectivity index (χ3n) is 2.00. The first-order chi connectivity index (χ1) is 9.04. The van der Waals surface area contributed by atoms with Crippen molar-refractivity contribution in [2.24, 2.45) is 0 Å². The number of aromatic nitrogens is 1. The highest BCUT2D eigenvalue weighted by Gasteiger charge is 2.13. The van der Waals surface area contributed by atoms with Crippen LogP contribution in [0.15, 0.2) is 30.5 Å². The van der Waals surface area contributed by atoms with Crippen LogP contribution in [0.3, 0.4) is 0 Å². The topological polar surface area (TPSA) is 97.2 Å². The van der Waals surface area contributed by atoms with E-state index in [0.29, 0.717) is 5.69 Å². The Morgan fingerprint density at radius 2 is 2.00 bits per heavy atom. The molecule has 2 amide bonds. The summed E-state index contributed by atoms with van der Waals surface area (Å²) >= 11 is 0.740. The van der Waals surface area contributed by atoms with Crippen molar-refractivity contribution >= 4 is 33.2 Å². The highest BCUT2D eigenvalue weighted by atomic mass is 32.1. The smallest absolute Gasteiger partial charge is 0.308 e. The van der Waals surface area contributed by atoms with E-state index < -0.39 is 16.8 Å². The van der Waals surface area contributed by atoms with Crippen LogP contribution in [0.5, 0.6) is 0 Å². The van der Waals surface area contributed by atoms with Gasteiger partial charge in [0.2, 0.25) is 0 Å². The molecular weight excluding hydrogens is 275 g/mol. The molecule has 1 aromatic carbocycles. The maximum Gasteiger partial charge on any atom is 0.345 e. The largest absolute Gasteiger partial charge is 0.345 e. The van der Waals surface area contributed by atoms with Gasteiger partial charge in [0.25, 0.3) is 0 Å². The number of carbonyl (C=O) groups is 1. The monoisotopic (exact) mass is 282 g/mol. The molecule has 0 radical (unpaired) electrons. The summed E-state index contributed by atoms with van der Waals surface area (Å²) in [5.41, 5.74) is 0.393. The van der Waals surface area contributed by atoms with Crippen molar-refractivity contribution in [1.82, 2.24) is 4.98 Å². The van der Waals surface area contributed by atoms with Crippen molar-refractivity contribution in [1.29, 1.82) is 0 Å². The third-order valence-corrected chi connectivity index (χ3v) is 2.86. The van der Waals surface area contributed by atoms with Gasteiger partial charge in [0.1, 0.15) is 12.0 Å². The lowest BCUT2D eigenvalue weighted by Gasteiger charge is -2.04. The van der Waals surface area contributed by atoms with Crippen molar-refractivity contribution in [2.75, 3.05) is 10.6 Å². The maximum absolute atomic E-state index is 12.6. The predicted octanol–water partition coefficient (Wildman–Crippen LogP) is 2.83. The number of halogens is 1. The van der Waals surface area contributed by atoms with Gasteiger partial charge in [0.05, 0.1) is 4.92 Å². The summed E-state index contributed by atoms with van der Waals surface area (Å²) < 4.78 is 12.6. The molecule has 0 saturated heterocycles.